The molecule has 0 aromatic heterocycles. The molecule has 0 aliphatic heterocycles. The zero-order chi connectivity index (χ0) is 16.4. The molecular formula is C19H18O4. The molecule has 0 radical (unpaired) electrons. The molecule has 3 unspecified atom stereocenters. The third kappa shape index (κ3) is 2.40. The van der Waals surface area contributed by atoms with Crippen LogP contribution in [0.15, 0.2) is 60.7 Å². The third-order valence-electron chi connectivity index (χ3n) is 4.95. The highest BCUT2D eigenvalue weighted by atomic mass is 16.4. The standard InChI is InChI=1S/C19H18O4/c20-17(21)16-15(13-7-3-1-4-8-13)11-12-19(16,18(22)23)14-9-5-2-6-10-14/h1-10,15-16H,11-12H2,(H,20,21)(H,22,23). The molecular weight excluding hydrogens is 292 g/mol. The predicted octanol–water partition coefficient (Wildman–Crippen LogP) is 3.29. The second-order valence-electron chi connectivity index (χ2n) is 6.01. The molecule has 0 spiro atoms. The number of benzene rings is 2. The van der Waals surface area contributed by atoms with Crippen molar-refractivity contribution in [1.82, 2.24) is 0 Å². The van der Waals surface area contributed by atoms with Crippen molar-refractivity contribution in [2.75, 3.05) is 0 Å². The summed E-state index contributed by atoms with van der Waals surface area (Å²) in [7, 11) is 0. The van der Waals surface area contributed by atoms with Crippen molar-refractivity contribution in [3.8, 4) is 0 Å². The molecule has 2 aromatic rings. The SMILES string of the molecule is O=C(O)C1C(c2ccccc2)CCC1(C(=O)O)c1ccccc1. The fourth-order valence-corrected chi connectivity index (χ4v) is 3.91. The van der Waals surface area contributed by atoms with Crippen molar-refractivity contribution in [1.29, 1.82) is 0 Å². The maximum absolute atomic E-state index is 12.2. The molecule has 2 N–H and O–H groups in total. The van der Waals surface area contributed by atoms with Crippen LogP contribution < -0.4 is 0 Å². The van der Waals surface area contributed by atoms with Gasteiger partial charge in [0.15, 0.2) is 0 Å². The Morgan fingerprint density at radius 1 is 0.913 bits per heavy atom. The molecule has 1 aliphatic carbocycles. The summed E-state index contributed by atoms with van der Waals surface area (Å²) in [6, 6.07) is 18.1. The van der Waals surface area contributed by atoms with Crippen molar-refractivity contribution in [2.45, 2.75) is 24.2 Å². The molecule has 3 rings (SSSR count). The van der Waals surface area contributed by atoms with Gasteiger partial charge in [0.05, 0.1) is 5.92 Å². The average molecular weight is 310 g/mol. The minimum atomic E-state index is -1.38. The summed E-state index contributed by atoms with van der Waals surface area (Å²) in [6.07, 6.45) is 0.866. The Bertz CT molecular complexity index is 711. The van der Waals surface area contributed by atoms with E-state index >= 15 is 0 Å². The first-order valence-corrected chi connectivity index (χ1v) is 7.64. The summed E-state index contributed by atoms with van der Waals surface area (Å²) >= 11 is 0. The fourth-order valence-electron chi connectivity index (χ4n) is 3.91. The van der Waals surface area contributed by atoms with Gasteiger partial charge < -0.3 is 10.2 Å². The number of aliphatic carboxylic acids is 2. The fraction of sp³-hybridized carbons (Fsp3) is 0.263. The van der Waals surface area contributed by atoms with Crippen molar-refractivity contribution in [3.63, 3.8) is 0 Å². The molecule has 2 aromatic carbocycles. The maximum atomic E-state index is 12.2. The lowest BCUT2D eigenvalue weighted by atomic mass is 9.69. The van der Waals surface area contributed by atoms with Gasteiger partial charge in [-0.15, -0.1) is 0 Å². The number of rotatable bonds is 4. The van der Waals surface area contributed by atoms with Gasteiger partial charge in [-0.3, -0.25) is 9.59 Å². The molecule has 1 fully saturated rings. The molecule has 1 saturated carbocycles. The first-order valence-electron chi connectivity index (χ1n) is 7.64. The zero-order valence-corrected chi connectivity index (χ0v) is 12.6. The van der Waals surface area contributed by atoms with Crippen molar-refractivity contribution in [2.24, 2.45) is 5.92 Å². The zero-order valence-electron chi connectivity index (χ0n) is 12.6. The molecule has 3 atom stereocenters. The number of carbonyl (C=O) groups is 2. The largest absolute Gasteiger partial charge is 0.481 e. The molecule has 4 nitrogen and oxygen atoms in total. The number of hydrogen-bond acceptors (Lipinski definition) is 2. The van der Waals surface area contributed by atoms with Crippen LogP contribution in [0.3, 0.4) is 0 Å². The van der Waals surface area contributed by atoms with Crippen LogP contribution >= 0.6 is 0 Å². The molecule has 0 heterocycles. The van der Waals surface area contributed by atoms with Gasteiger partial charge in [-0.05, 0) is 29.9 Å². The van der Waals surface area contributed by atoms with E-state index in [-0.39, 0.29) is 5.92 Å². The van der Waals surface area contributed by atoms with Crippen LogP contribution in [0.1, 0.15) is 29.9 Å². The van der Waals surface area contributed by atoms with Gasteiger partial charge in [-0.2, -0.15) is 0 Å². The van der Waals surface area contributed by atoms with E-state index in [2.05, 4.69) is 0 Å². The topological polar surface area (TPSA) is 74.6 Å². The van der Waals surface area contributed by atoms with Crippen molar-refractivity contribution < 1.29 is 19.8 Å². The molecule has 4 heteroatoms. The molecule has 1 aliphatic rings. The smallest absolute Gasteiger partial charge is 0.315 e. The van der Waals surface area contributed by atoms with E-state index in [1.807, 2.05) is 30.3 Å². The van der Waals surface area contributed by atoms with E-state index in [1.165, 1.54) is 0 Å². The van der Waals surface area contributed by atoms with Crippen LogP contribution in [0.5, 0.6) is 0 Å². The van der Waals surface area contributed by atoms with Crippen LogP contribution in [0, 0.1) is 5.92 Å². The van der Waals surface area contributed by atoms with E-state index < -0.39 is 23.3 Å². The average Bonchev–Trinajstić information content (AvgIpc) is 2.98. The van der Waals surface area contributed by atoms with Crippen molar-refractivity contribution >= 4 is 11.9 Å². The second-order valence-corrected chi connectivity index (χ2v) is 6.01. The predicted molar refractivity (Wildman–Crippen MR) is 85.3 cm³/mol. The molecule has 118 valence electrons. The Kier molecular flexibility index (Phi) is 3.90. The van der Waals surface area contributed by atoms with Crippen molar-refractivity contribution in [3.05, 3.63) is 71.8 Å². The minimum Gasteiger partial charge on any atom is -0.481 e. The van der Waals surface area contributed by atoms with E-state index in [9.17, 15) is 19.8 Å². The molecule has 0 bridgehead atoms. The number of carboxylic acids is 2. The Morgan fingerprint density at radius 2 is 1.48 bits per heavy atom. The van der Waals surface area contributed by atoms with Crippen LogP contribution in [0.2, 0.25) is 0 Å². The van der Waals surface area contributed by atoms with E-state index in [0.29, 0.717) is 18.4 Å². The quantitative estimate of drug-likeness (QED) is 0.908. The van der Waals surface area contributed by atoms with Gasteiger partial charge in [0.25, 0.3) is 0 Å². The Hall–Kier alpha value is -2.62. The van der Waals surface area contributed by atoms with Crippen LogP contribution in [0.25, 0.3) is 0 Å². The number of hydrogen-bond donors (Lipinski definition) is 2. The Labute approximate surface area is 134 Å². The van der Waals surface area contributed by atoms with Gasteiger partial charge in [0.2, 0.25) is 0 Å². The van der Waals surface area contributed by atoms with Crippen LogP contribution in [-0.4, -0.2) is 22.2 Å². The normalized spacial score (nSPS) is 26.8. The summed E-state index contributed by atoms with van der Waals surface area (Å²) in [5, 5.41) is 19.8. The summed E-state index contributed by atoms with van der Waals surface area (Å²) in [5.41, 5.74) is 0.0745. The number of carboxylic acid groups (broad SMARTS) is 2. The summed E-state index contributed by atoms with van der Waals surface area (Å²) in [4.78, 5) is 24.2. The van der Waals surface area contributed by atoms with E-state index in [4.69, 9.17) is 0 Å². The maximum Gasteiger partial charge on any atom is 0.315 e. The highest BCUT2D eigenvalue weighted by Gasteiger charge is 2.58. The molecule has 23 heavy (non-hydrogen) atoms. The lowest BCUT2D eigenvalue weighted by Crippen LogP contribution is -2.44. The van der Waals surface area contributed by atoms with Gasteiger partial charge in [-0.25, -0.2) is 0 Å². The lowest BCUT2D eigenvalue weighted by molar-refractivity contribution is -0.155. The second kappa shape index (κ2) is 5.88. The van der Waals surface area contributed by atoms with Gasteiger partial charge in [0, 0.05) is 0 Å². The van der Waals surface area contributed by atoms with E-state index in [1.54, 1.807) is 30.3 Å². The molecule has 0 amide bonds. The highest BCUT2D eigenvalue weighted by Crippen LogP contribution is 2.53. The summed E-state index contributed by atoms with van der Waals surface area (Å²) < 4.78 is 0. The van der Waals surface area contributed by atoms with Gasteiger partial charge >= 0.3 is 11.9 Å². The van der Waals surface area contributed by atoms with Crippen LogP contribution in [0.4, 0.5) is 0 Å². The van der Waals surface area contributed by atoms with Gasteiger partial charge in [0.1, 0.15) is 5.41 Å². The third-order valence-corrected chi connectivity index (χ3v) is 4.95. The monoisotopic (exact) mass is 310 g/mol. The summed E-state index contributed by atoms with van der Waals surface area (Å²) in [5.74, 6) is -3.40. The first-order chi connectivity index (χ1) is 11.1. The summed E-state index contributed by atoms with van der Waals surface area (Å²) in [6.45, 7) is 0. The highest BCUT2D eigenvalue weighted by molar-refractivity contribution is 5.90. The van der Waals surface area contributed by atoms with Gasteiger partial charge in [-0.1, -0.05) is 60.7 Å². The first kappa shape index (κ1) is 15.3. The van der Waals surface area contributed by atoms with Crippen LogP contribution in [-0.2, 0) is 15.0 Å². The lowest BCUT2D eigenvalue weighted by Gasteiger charge is -2.31. The minimum absolute atomic E-state index is 0.301. The Balaban J connectivity index is 2.14. The Morgan fingerprint density at radius 3 is 2.00 bits per heavy atom. The molecule has 0 saturated heterocycles. The van der Waals surface area contributed by atoms with E-state index in [0.717, 1.165) is 5.56 Å².